The van der Waals surface area contributed by atoms with E-state index in [0.717, 1.165) is 24.2 Å². The molecule has 0 heterocycles. The van der Waals surface area contributed by atoms with Gasteiger partial charge < -0.3 is 14.3 Å². The second-order valence-corrected chi connectivity index (χ2v) is 7.34. The molecule has 1 N–H and O–H groups in total. The molecule has 2 aromatic carbocycles. The van der Waals surface area contributed by atoms with Gasteiger partial charge in [-0.2, -0.15) is 0 Å². The topological polar surface area (TPSA) is 29.5 Å². The standard InChI is InChI=1S/C18H21BrF2NO2/c1-22(2,10-13-6-4-3-5-7-13)11-15(23)12-24-18-16(20)8-14(19)9-17(18)21/h3-9,15,23H,10-12H2,1-2H3/q+1. The van der Waals surface area contributed by atoms with Crippen molar-refractivity contribution < 1.29 is 23.1 Å². The van der Waals surface area contributed by atoms with Crippen LogP contribution in [-0.2, 0) is 6.54 Å². The molecule has 1 unspecified atom stereocenters. The second-order valence-electron chi connectivity index (χ2n) is 6.43. The third-order valence-electron chi connectivity index (χ3n) is 3.54. The Hall–Kier alpha value is -1.50. The van der Waals surface area contributed by atoms with Gasteiger partial charge in [-0.3, -0.25) is 0 Å². The molecule has 24 heavy (non-hydrogen) atoms. The van der Waals surface area contributed by atoms with E-state index in [1.54, 1.807) is 0 Å². The van der Waals surface area contributed by atoms with E-state index in [2.05, 4.69) is 15.9 Å². The molecule has 0 spiro atoms. The van der Waals surface area contributed by atoms with Gasteiger partial charge in [-0.25, -0.2) is 8.78 Å². The van der Waals surface area contributed by atoms with Crippen LogP contribution in [-0.4, -0.2) is 42.9 Å². The molecule has 6 heteroatoms. The Kier molecular flexibility index (Phi) is 6.32. The third-order valence-corrected chi connectivity index (χ3v) is 4.00. The predicted molar refractivity (Wildman–Crippen MR) is 92.7 cm³/mol. The minimum atomic E-state index is -0.842. The van der Waals surface area contributed by atoms with Gasteiger partial charge in [0.1, 0.15) is 25.8 Å². The number of rotatable bonds is 7. The Bertz CT molecular complexity index is 657. The van der Waals surface area contributed by atoms with Crippen molar-refractivity contribution in [1.82, 2.24) is 0 Å². The van der Waals surface area contributed by atoms with E-state index in [1.807, 2.05) is 44.4 Å². The molecule has 2 rings (SSSR count). The molecule has 0 aromatic heterocycles. The zero-order valence-corrected chi connectivity index (χ0v) is 15.3. The molecule has 0 bridgehead atoms. The Morgan fingerprint density at radius 1 is 1.12 bits per heavy atom. The Morgan fingerprint density at radius 3 is 2.29 bits per heavy atom. The highest BCUT2D eigenvalue weighted by Crippen LogP contribution is 2.26. The number of likely N-dealkylation sites (N-methyl/N-ethyl adjacent to an activating group) is 1. The quantitative estimate of drug-likeness (QED) is 0.717. The van der Waals surface area contributed by atoms with Gasteiger partial charge in [-0.05, 0) is 12.1 Å². The largest absolute Gasteiger partial charge is 0.485 e. The Labute approximate surface area is 149 Å². The number of hydrogen-bond donors (Lipinski definition) is 1. The van der Waals surface area contributed by atoms with Crippen molar-refractivity contribution in [2.24, 2.45) is 0 Å². The van der Waals surface area contributed by atoms with Gasteiger partial charge in [-0.1, -0.05) is 46.3 Å². The highest BCUT2D eigenvalue weighted by atomic mass is 79.9. The van der Waals surface area contributed by atoms with E-state index >= 15 is 0 Å². The van der Waals surface area contributed by atoms with Crippen molar-refractivity contribution >= 4 is 15.9 Å². The summed E-state index contributed by atoms with van der Waals surface area (Å²) in [4.78, 5) is 0. The maximum Gasteiger partial charge on any atom is 0.190 e. The van der Waals surface area contributed by atoms with Crippen LogP contribution in [0.25, 0.3) is 0 Å². The summed E-state index contributed by atoms with van der Waals surface area (Å²) in [5, 5.41) is 10.2. The van der Waals surface area contributed by atoms with E-state index in [4.69, 9.17) is 4.74 Å². The number of ether oxygens (including phenoxy) is 1. The molecule has 0 saturated heterocycles. The van der Waals surface area contributed by atoms with E-state index in [-0.39, 0.29) is 6.61 Å². The third kappa shape index (κ3) is 5.54. The highest BCUT2D eigenvalue weighted by Gasteiger charge is 2.22. The summed E-state index contributed by atoms with van der Waals surface area (Å²) in [5.41, 5.74) is 1.15. The zero-order valence-electron chi connectivity index (χ0n) is 13.7. The predicted octanol–water partition coefficient (Wildman–Crippen LogP) is 3.74. The average molecular weight is 401 g/mol. The number of hydrogen-bond acceptors (Lipinski definition) is 2. The summed E-state index contributed by atoms with van der Waals surface area (Å²) < 4.78 is 33.4. The summed E-state index contributed by atoms with van der Waals surface area (Å²) in [6, 6.07) is 12.2. The summed E-state index contributed by atoms with van der Waals surface area (Å²) in [5.74, 6) is -2.06. The summed E-state index contributed by atoms with van der Waals surface area (Å²) in [7, 11) is 3.97. The molecule has 0 aliphatic rings. The van der Waals surface area contributed by atoms with Gasteiger partial charge in [-0.15, -0.1) is 0 Å². The van der Waals surface area contributed by atoms with Crippen LogP contribution in [0.2, 0.25) is 0 Å². The number of nitrogens with zero attached hydrogens (tertiary/aromatic N) is 1. The molecule has 0 saturated carbocycles. The Morgan fingerprint density at radius 2 is 1.71 bits per heavy atom. The number of aliphatic hydroxyl groups excluding tert-OH is 1. The first kappa shape index (κ1) is 18.8. The van der Waals surface area contributed by atoms with Crippen molar-refractivity contribution in [2.45, 2.75) is 12.6 Å². The fourth-order valence-corrected chi connectivity index (χ4v) is 3.01. The average Bonchev–Trinajstić information content (AvgIpc) is 2.45. The van der Waals surface area contributed by atoms with Crippen molar-refractivity contribution in [3.8, 4) is 5.75 Å². The van der Waals surface area contributed by atoms with Crippen LogP contribution in [0.15, 0.2) is 46.9 Å². The van der Waals surface area contributed by atoms with Gasteiger partial charge >= 0.3 is 0 Å². The lowest BCUT2D eigenvalue weighted by Crippen LogP contribution is -2.46. The molecular formula is C18H21BrF2NO2+. The minimum Gasteiger partial charge on any atom is -0.485 e. The van der Waals surface area contributed by atoms with Crippen LogP contribution in [0.3, 0.4) is 0 Å². The SMILES string of the molecule is C[N+](C)(Cc1ccccc1)CC(O)COc1c(F)cc(Br)cc1F. The molecule has 0 aliphatic heterocycles. The molecule has 130 valence electrons. The summed E-state index contributed by atoms with van der Waals surface area (Å²) in [6.45, 7) is 0.958. The van der Waals surface area contributed by atoms with Crippen LogP contribution >= 0.6 is 15.9 Å². The molecule has 1 atom stereocenters. The molecule has 0 amide bonds. The van der Waals surface area contributed by atoms with Crippen LogP contribution in [0, 0.1) is 11.6 Å². The zero-order chi connectivity index (χ0) is 17.7. The van der Waals surface area contributed by atoms with Gasteiger partial charge in [0.15, 0.2) is 17.4 Å². The Balaban J connectivity index is 1.92. The van der Waals surface area contributed by atoms with E-state index in [1.165, 1.54) is 0 Å². The highest BCUT2D eigenvalue weighted by molar-refractivity contribution is 9.10. The fourth-order valence-electron chi connectivity index (χ4n) is 2.61. The molecule has 0 radical (unpaired) electrons. The number of benzene rings is 2. The minimum absolute atomic E-state index is 0.175. The first-order chi connectivity index (χ1) is 11.3. The summed E-state index contributed by atoms with van der Waals surface area (Å²) in [6.07, 6.45) is -0.842. The number of quaternary nitrogens is 1. The molecule has 2 aromatic rings. The first-order valence-corrected chi connectivity index (χ1v) is 8.37. The molecule has 3 nitrogen and oxygen atoms in total. The molecule has 0 fully saturated rings. The van der Waals surface area contributed by atoms with Crippen LogP contribution in [0.5, 0.6) is 5.75 Å². The van der Waals surface area contributed by atoms with Gasteiger partial charge in [0.05, 0.1) is 14.1 Å². The maximum atomic E-state index is 13.7. The number of halogens is 3. The summed E-state index contributed by atoms with van der Waals surface area (Å²) >= 11 is 3.01. The molecular weight excluding hydrogens is 380 g/mol. The second kappa shape index (κ2) is 8.05. The van der Waals surface area contributed by atoms with Crippen molar-refractivity contribution in [3.05, 3.63) is 64.1 Å². The molecule has 0 aliphatic carbocycles. The fraction of sp³-hybridized carbons (Fsp3) is 0.333. The van der Waals surface area contributed by atoms with Crippen molar-refractivity contribution in [2.75, 3.05) is 27.2 Å². The van der Waals surface area contributed by atoms with Crippen LogP contribution < -0.4 is 4.74 Å². The lowest BCUT2D eigenvalue weighted by molar-refractivity contribution is -0.906. The number of aliphatic hydroxyl groups is 1. The van der Waals surface area contributed by atoms with Crippen molar-refractivity contribution in [1.29, 1.82) is 0 Å². The van der Waals surface area contributed by atoms with Crippen LogP contribution in [0.4, 0.5) is 8.78 Å². The van der Waals surface area contributed by atoms with E-state index in [0.29, 0.717) is 15.5 Å². The van der Waals surface area contributed by atoms with E-state index < -0.39 is 23.5 Å². The maximum absolute atomic E-state index is 13.7. The lowest BCUT2D eigenvalue weighted by atomic mass is 10.2. The monoisotopic (exact) mass is 400 g/mol. The van der Waals surface area contributed by atoms with Gasteiger partial charge in [0.25, 0.3) is 0 Å². The van der Waals surface area contributed by atoms with Gasteiger partial charge in [0, 0.05) is 10.0 Å². The van der Waals surface area contributed by atoms with Crippen molar-refractivity contribution in [3.63, 3.8) is 0 Å². The lowest BCUT2D eigenvalue weighted by Gasteiger charge is -2.32. The van der Waals surface area contributed by atoms with E-state index in [9.17, 15) is 13.9 Å². The normalized spacial score (nSPS) is 12.9. The smallest absolute Gasteiger partial charge is 0.190 e. The van der Waals surface area contributed by atoms with Crippen LogP contribution in [0.1, 0.15) is 5.56 Å². The first-order valence-electron chi connectivity index (χ1n) is 7.58. The van der Waals surface area contributed by atoms with Gasteiger partial charge in [0.2, 0.25) is 0 Å².